The Kier molecular flexibility index (Phi) is 5.75. The predicted octanol–water partition coefficient (Wildman–Crippen LogP) is 3.27. The number of halogens is 2. The van der Waals surface area contributed by atoms with E-state index in [9.17, 15) is 14.0 Å². The molecule has 1 amide bonds. The molecule has 1 saturated heterocycles. The van der Waals surface area contributed by atoms with Crippen LogP contribution in [0.4, 0.5) is 4.39 Å². The summed E-state index contributed by atoms with van der Waals surface area (Å²) < 4.78 is 25.3. The Balaban J connectivity index is 1.80. The number of esters is 1. The lowest BCUT2D eigenvalue weighted by atomic mass is 10.1. The van der Waals surface area contributed by atoms with E-state index in [4.69, 9.17) is 9.47 Å². The molecule has 2 aromatic rings. The van der Waals surface area contributed by atoms with Crippen LogP contribution in [0.1, 0.15) is 16.8 Å². The van der Waals surface area contributed by atoms with E-state index >= 15 is 0 Å². The van der Waals surface area contributed by atoms with Gasteiger partial charge in [0.25, 0.3) is 5.91 Å². The van der Waals surface area contributed by atoms with E-state index in [2.05, 4.69) is 22.6 Å². The van der Waals surface area contributed by atoms with Crippen LogP contribution in [0, 0.1) is 9.39 Å². The minimum Gasteiger partial charge on any atom is -0.485 e. The Hall–Kier alpha value is -2.16. The zero-order valence-corrected chi connectivity index (χ0v) is 16.2. The number of carbonyl (C=O) groups is 2. The van der Waals surface area contributed by atoms with Crippen molar-refractivity contribution in [2.75, 3.05) is 13.7 Å². The first kappa shape index (κ1) is 18.6. The lowest BCUT2D eigenvalue weighted by Gasteiger charge is -2.22. The van der Waals surface area contributed by atoms with Gasteiger partial charge in [0.2, 0.25) is 0 Å². The van der Waals surface area contributed by atoms with E-state index in [1.165, 1.54) is 24.1 Å². The van der Waals surface area contributed by atoms with Crippen molar-refractivity contribution in [2.45, 2.75) is 18.6 Å². The molecule has 3 rings (SSSR count). The number of ether oxygens (including phenoxy) is 2. The minimum atomic E-state index is -0.761. The molecule has 2 aromatic carbocycles. The number of para-hydroxylation sites is 1. The molecular formula is C19H17FINO4. The first-order valence-electron chi connectivity index (χ1n) is 8.05. The van der Waals surface area contributed by atoms with Crippen LogP contribution in [0.5, 0.6) is 5.75 Å². The molecule has 136 valence electrons. The molecule has 0 aromatic heterocycles. The lowest BCUT2D eigenvalue weighted by Crippen LogP contribution is -2.41. The van der Waals surface area contributed by atoms with E-state index in [1.54, 1.807) is 24.3 Å². The Labute approximate surface area is 164 Å². The summed E-state index contributed by atoms with van der Waals surface area (Å²) in [4.78, 5) is 26.4. The first-order valence-corrected chi connectivity index (χ1v) is 9.13. The van der Waals surface area contributed by atoms with Crippen molar-refractivity contribution in [2.24, 2.45) is 0 Å². The van der Waals surface area contributed by atoms with E-state index in [0.29, 0.717) is 5.56 Å². The fraction of sp³-hybridized carbons (Fsp3) is 0.263. The lowest BCUT2D eigenvalue weighted by molar-refractivity contribution is -0.145. The highest BCUT2D eigenvalue weighted by molar-refractivity contribution is 14.1. The van der Waals surface area contributed by atoms with E-state index in [-0.39, 0.29) is 24.6 Å². The van der Waals surface area contributed by atoms with Crippen LogP contribution in [0.2, 0.25) is 0 Å². The maximum absolute atomic E-state index is 13.8. The van der Waals surface area contributed by atoms with Gasteiger partial charge in [-0.1, -0.05) is 12.1 Å². The zero-order chi connectivity index (χ0) is 18.7. The number of likely N-dealkylation sites (tertiary alicyclic amines) is 1. The van der Waals surface area contributed by atoms with E-state index in [1.807, 2.05) is 12.1 Å². The van der Waals surface area contributed by atoms with Crippen molar-refractivity contribution >= 4 is 34.5 Å². The average molecular weight is 469 g/mol. The van der Waals surface area contributed by atoms with Crippen LogP contribution < -0.4 is 4.74 Å². The molecule has 1 heterocycles. The summed E-state index contributed by atoms with van der Waals surface area (Å²) in [6, 6.07) is 12.4. The molecule has 2 unspecified atom stereocenters. The topological polar surface area (TPSA) is 55.8 Å². The van der Waals surface area contributed by atoms with Crippen LogP contribution in [0.25, 0.3) is 0 Å². The van der Waals surface area contributed by atoms with Crippen LogP contribution in [0.15, 0.2) is 48.5 Å². The fourth-order valence-electron chi connectivity index (χ4n) is 2.94. The molecule has 0 saturated carbocycles. The third kappa shape index (κ3) is 3.98. The van der Waals surface area contributed by atoms with Gasteiger partial charge in [0.1, 0.15) is 12.1 Å². The molecule has 1 aliphatic rings. The van der Waals surface area contributed by atoms with Crippen molar-refractivity contribution in [1.29, 1.82) is 0 Å². The van der Waals surface area contributed by atoms with Gasteiger partial charge in [-0.15, -0.1) is 0 Å². The molecule has 7 heteroatoms. The second kappa shape index (κ2) is 8.03. The Bertz CT molecular complexity index is 811. The zero-order valence-electron chi connectivity index (χ0n) is 14.0. The minimum absolute atomic E-state index is 0.102. The largest absolute Gasteiger partial charge is 0.485 e. The molecule has 0 N–H and O–H groups in total. The fourth-order valence-corrected chi connectivity index (χ4v) is 3.30. The number of amides is 1. The van der Waals surface area contributed by atoms with Crippen LogP contribution in [-0.4, -0.2) is 42.6 Å². The van der Waals surface area contributed by atoms with Gasteiger partial charge in [0.15, 0.2) is 11.6 Å². The molecule has 26 heavy (non-hydrogen) atoms. The van der Waals surface area contributed by atoms with Gasteiger partial charge in [-0.05, 0) is 59.0 Å². The molecule has 0 bridgehead atoms. The highest BCUT2D eigenvalue weighted by Gasteiger charge is 2.42. The van der Waals surface area contributed by atoms with Crippen LogP contribution >= 0.6 is 22.6 Å². The molecular weight excluding hydrogens is 452 g/mol. The molecule has 0 spiro atoms. The standard InChI is InChI=1S/C19H17FINO4/c1-25-19(24)16-10-14(26-17-5-3-2-4-15(17)20)11-22(16)18(23)12-6-8-13(21)9-7-12/h2-9,14,16H,10-11H2,1H3. The van der Waals surface area contributed by atoms with Gasteiger partial charge in [-0.25, -0.2) is 9.18 Å². The molecule has 5 nitrogen and oxygen atoms in total. The second-order valence-electron chi connectivity index (χ2n) is 5.91. The van der Waals surface area contributed by atoms with E-state index in [0.717, 1.165) is 3.57 Å². The summed E-state index contributed by atoms with van der Waals surface area (Å²) in [6.45, 7) is 0.179. The summed E-state index contributed by atoms with van der Waals surface area (Å²) in [5, 5.41) is 0. The van der Waals surface area contributed by atoms with Gasteiger partial charge < -0.3 is 14.4 Å². The number of rotatable bonds is 4. The Morgan fingerprint density at radius 3 is 2.50 bits per heavy atom. The third-order valence-electron chi connectivity index (χ3n) is 4.22. The summed E-state index contributed by atoms with van der Waals surface area (Å²) >= 11 is 2.15. The molecule has 1 fully saturated rings. The number of nitrogens with zero attached hydrogens (tertiary/aromatic N) is 1. The van der Waals surface area contributed by atoms with Gasteiger partial charge >= 0.3 is 5.97 Å². The Morgan fingerprint density at radius 1 is 1.15 bits per heavy atom. The smallest absolute Gasteiger partial charge is 0.328 e. The van der Waals surface area contributed by atoms with Crippen LogP contribution in [-0.2, 0) is 9.53 Å². The van der Waals surface area contributed by atoms with Crippen LogP contribution in [0.3, 0.4) is 0 Å². The number of hydrogen-bond donors (Lipinski definition) is 0. The van der Waals surface area contributed by atoms with Crippen molar-refractivity contribution in [3.8, 4) is 5.75 Å². The van der Waals surface area contributed by atoms with Gasteiger partial charge in [-0.2, -0.15) is 0 Å². The highest BCUT2D eigenvalue weighted by Crippen LogP contribution is 2.27. The Morgan fingerprint density at radius 2 is 1.85 bits per heavy atom. The second-order valence-corrected chi connectivity index (χ2v) is 7.15. The quantitative estimate of drug-likeness (QED) is 0.510. The average Bonchev–Trinajstić information content (AvgIpc) is 3.07. The maximum Gasteiger partial charge on any atom is 0.328 e. The molecule has 0 radical (unpaired) electrons. The van der Waals surface area contributed by atoms with E-state index < -0.39 is 23.9 Å². The molecule has 1 aliphatic heterocycles. The summed E-state index contributed by atoms with van der Waals surface area (Å²) in [5.74, 6) is -1.17. The summed E-state index contributed by atoms with van der Waals surface area (Å²) in [7, 11) is 1.28. The highest BCUT2D eigenvalue weighted by atomic mass is 127. The van der Waals surface area contributed by atoms with Crippen molar-refractivity contribution in [3.05, 3.63) is 63.5 Å². The molecule has 2 atom stereocenters. The summed E-state index contributed by atoms with van der Waals surface area (Å²) in [5.41, 5.74) is 0.478. The summed E-state index contributed by atoms with van der Waals surface area (Å²) in [6.07, 6.45) is -0.249. The number of methoxy groups -OCH3 is 1. The number of carbonyl (C=O) groups excluding carboxylic acids is 2. The van der Waals surface area contributed by atoms with Gasteiger partial charge in [0.05, 0.1) is 13.7 Å². The van der Waals surface area contributed by atoms with Crippen molar-refractivity contribution < 1.29 is 23.5 Å². The van der Waals surface area contributed by atoms with Gasteiger partial charge in [0, 0.05) is 15.6 Å². The number of benzene rings is 2. The predicted molar refractivity (Wildman–Crippen MR) is 101 cm³/mol. The monoisotopic (exact) mass is 469 g/mol. The SMILES string of the molecule is COC(=O)C1CC(Oc2ccccc2F)CN1C(=O)c1ccc(I)cc1. The maximum atomic E-state index is 13.8. The normalized spacial score (nSPS) is 19.3. The molecule has 0 aliphatic carbocycles. The van der Waals surface area contributed by atoms with Crippen molar-refractivity contribution in [1.82, 2.24) is 4.90 Å². The van der Waals surface area contributed by atoms with Gasteiger partial charge in [-0.3, -0.25) is 4.79 Å². The third-order valence-corrected chi connectivity index (χ3v) is 4.94. The number of hydrogen-bond acceptors (Lipinski definition) is 4. The van der Waals surface area contributed by atoms with Crippen molar-refractivity contribution in [3.63, 3.8) is 0 Å². The first-order chi connectivity index (χ1) is 12.5.